The molecule has 2 aromatic carbocycles. The second-order valence-electron chi connectivity index (χ2n) is 13.6. The summed E-state index contributed by atoms with van der Waals surface area (Å²) < 4.78 is 11.4. The van der Waals surface area contributed by atoms with Gasteiger partial charge < -0.3 is 9.47 Å². The second kappa shape index (κ2) is 10.7. The number of halogens is 1. The van der Waals surface area contributed by atoms with Gasteiger partial charge in [0.15, 0.2) is 5.78 Å². The van der Waals surface area contributed by atoms with Gasteiger partial charge in [0.2, 0.25) is 0 Å². The van der Waals surface area contributed by atoms with Gasteiger partial charge in [0.25, 0.3) is 0 Å². The van der Waals surface area contributed by atoms with E-state index in [0.717, 1.165) is 44.9 Å². The minimum atomic E-state index is -0.569. The van der Waals surface area contributed by atoms with Gasteiger partial charge in [0.05, 0.1) is 15.5 Å². The Balaban J connectivity index is 1.18. The maximum Gasteiger partial charge on any atom is 0.338 e. The lowest BCUT2D eigenvalue weighted by atomic mass is 9.44. The molecule has 9 unspecified atom stereocenters. The van der Waals surface area contributed by atoms with E-state index in [9.17, 15) is 14.4 Å². The van der Waals surface area contributed by atoms with Crippen molar-refractivity contribution in [3.8, 4) is 0 Å². The number of ketones is 1. The summed E-state index contributed by atoms with van der Waals surface area (Å²) >= 11 is 4.19. The van der Waals surface area contributed by atoms with Crippen LogP contribution in [0.4, 0.5) is 0 Å². The lowest BCUT2D eigenvalue weighted by Crippen LogP contribution is -2.67. The molecule has 5 nitrogen and oxygen atoms in total. The first-order valence-corrected chi connectivity index (χ1v) is 16.1. The van der Waals surface area contributed by atoms with Crippen molar-refractivity contribution in [2.24, 2.45) is 34.5 Å². The van der Waals surface area contributed by atoms with Crippen LogP contribution in [-0.4, -0.2) is 34.3 Å². The van der Waals surface area contributed by atoms with E-state index in [1.54, 1.807) is 24.3 Å². The van der Waals surface area contributed by atoms with E-state index in [1.807, 2.05) is 43.3 Å². The molecule has 0 N–H and O–H groups in total. The number of alkyl halides is 1. The van der Waals surface area contributed by atoms with Crippen LogP contribution in [-0.2, 0) is 14.3 Å². The molecular weight excluding hydrogens is 580 g/mol. The van der Waals surface area contributed by atoms with Gasteiger partial charge >= 0.3 is 11.9 Å². The Kier molecular flexibility index (Phi) is 7.45. The molecular formula is C35H41BrO5. The van der Waals surface area contributed by atoms with Crippen LogP contribution in [0.5, 0.6) is 0 Å². The van der Waals surface area contributed by atoms with Gasteiger partial charge in [-0.25, -0.2) is 9.59 Å². The standard InChI is InChI=1S/C35H41BrO5/c1-22(40-31(38)23-10-6-4-7-11-23)27-16-17-28-29-15-14-25-20-26(41-32(39)24-12-8-5-9-13-24)18-19-34(25,3)35(29,36)30(37)21-33(27,28)2/h4-13,22,25-29H,14-21H2,1-3H3. The van der Waals surface area contributed by atoms with Crippen molar-refractivity contribution < 1.29 is 23.9 Å². The van der Waals surface area contributed by atoms with Crippen LogP contribution in [0.2, 0.25) is 0 Å². The third-order valence-corrected chi connectivity index (χ3v) is 13.6. The summed E-state index contributed by atoms with van der Waals surface area (Å²) in [5, 5.41) is 0. The van der Waals surface area contributed by atoms with Crippen molar-refractivity contribution in [3.05, 3.63) is 71.8 Å². The summed E-state index contributed by atoms with van der Waals surface area (Å²) in [5.41, 5.74) is 0.770. The predicted molar refractivity (Wildman–Crippen MR) is 161 cm³/mol. The first-order chi connectivity index (χ1) is 19.6. The Morgan fingerprint density at radius 1 is 0.854 bits per heavy atom. The highest BCUT2D eigenvalue weighted by Gasteiger charge is 2.70. The van der Waals surface area contributed by atoms with Crippen molar-refractivity contribution in [3.63, 3.8) is 0 Å². The van der Waals surface area contributed by atoms with Crippen LogP contribution >= 0.6 is 15.9 Å². The summed E-state index contributed by atoms with van der Waals surface area (Å²) in [7, 11) is 0. The molecule has 4 fully saturated rings. The third kappa shape index (κ3) is 4.60. The highest BCUT2D eigenvalue weighted by atomic mass is 79.9. The van der Waals surface area contributed by atoms with E-state index in [0.29, 0.717) is 35.2 Å². The number of esters is 2. The molecule has 0 bridgehead atoms. The fraction of sp³-hybridized carbons (Fsp3) is 0.571. The molecule has 0 aliphatic heterocycles. The molecule has 0 amide bonds. The number of rotatable bonds is 5. The number of ether oxygens (including phenoxy) is 2. The number of fused-ring (bicyclic) bond motifs is 5. The van der Waals surface area contributed by atoms with Gasteiger partial charge in [-0.2, -0.15) is 0 Å². The molecule has 6 heteroatoms. The van der Waals surface area contributed by atoms with E-state index in [-0.39, 0.29) is 46.8 Å². The van der Waals surface area contributed by atoms with Crippen LogP contribution in [0.25, 0.3) is 0 Å². The fourth-order valence-corrected chi connectivity index (χ4v) is 10.7. The van der Waals surface area contributed by atoms with Crippen molar-refractivity contribution in [2.45, 2.75) is 88.7 Å². The molecule has 4 aliphatic carbocycles. The molecule has 0 spiro atoms. The monoisotopic (exact) mass is 620 g/mol. The van der Waals surface area contributed by atoms with E-state index in [4.69, 9.17) is 9.47 Å². The highest BCUT2D eigenvalue weighted by Crippen LogP contribution is 2.71. The van der Waals surface area contributed by atoms with Crippen LogP contribution in [0.3, 0.4) is 0 Å². The van der Waals surface area contributed by atoms with E-state index < -0.39 is 4.32 Å². The predicted octanol–water partition coefficient (Wildman–Crippen LogP) is 7.81. The fourth-order valence-electron chi connectivity index (χ4n) is 9.54. The first kappa shape index (κ1) is 28.6. The molecule has 41 heavy (non-hydrogen) atoms. The molecule has 6 rings (SSSR count). The maximum atomic E-state index is 14.4. The van der Waals surface area contributed by atoms with E-state index in [1.165, 1.54) is 0 Å². The average molecular weight is 622 g/mol. The number of hydrogen-bond acceptors (Lipinski definition) is 5. The van der Waals surface area contributed by atoms with Crippen molar-refractivity contribution in [1.82, 2.24) is 0 Å². The zero-order valence-corrected chi connectivity index (χ0v) is 25.9. The van der Waals surface area contributed by atoms with Crippen LogP contribution < -0.4 is 0 Å². The lowest BCUT2D eigenvalue weighted by molar-refractivity contribution is -0.154. The summed E-state index contributed by atoms with van der Waals surface area (Å²) in [6.45, 7) is 6.60. The smallest absolute Gasteiger partial charge is 0.338 e. The zero-order valence-electron chi connectivity index (χ0n) is 24.3. The van der Waals surface area contributed by atoms with Crippen LogP contribution in [0.1, 0.15) is 92.9 Å². The van der Waals surface area contributed by atoms with Gasteiger partial charge in [-0.05, 0) is 105 Å². The minimum absolute atomic E-state index is 0.117. The average Bonchev–Trinajstić information content (AvgIpc) is 3.31. The Morgan fingerprint density at radius 3 is 2.12 bits per heavy atom. The normalized spacial score (nSPS) is 38.6. The molecule has 218 valence electrons. The van der Waals surface area contributed by atoms with Crippen LogP contribution in [0, 0.1) is 34.5 Å². The van der Waals surface area contributed by atoms with Crippen LogP contribution in [0.15, 0.2) is 60.7 Å². The Labute approximate surface area is 251 Å². The topological polar surface area (TPSA) is 69.7 Å². The highest BCUT2D eigenvalue weighted by molar-refractivity contribution is 9.10. The summed E-state index contributed by atoms with van der Waals surface area (Å²) in [6, 6.07) is 18.4. The number of hydrogen-bond donors (Lipinski definition) is 0. The number of carbonyl (C=O) groups is 3. The van der Waals surface area contributed by atoms with E-state index in [2.05, 4.69) is 29.8 Å². The molecule has 0 heterocycles. The first-order valence-electron chi connectivity index (χ1n) is 15.3. The quantitative estimate of drug-likeness (QED) is 0.252. The molecule has 9 atom stereocenters. The molecule has 0 saturated heterocycles. The zero-order chi connectivity index (χ0) is 29.0. The van der Waals surface area contributed by atoms with Crippen molar-refractivity contribution in [1.29, 1.82) is 0 Å². The Hall–Kier alpha value is -2.47. The summed E-state index contributed by atoms with van der Waals surface area (Å²) in [6.07, 6.45) is 6.62. The molecule has 0 aromatic heterocycles. The van der Waals surface area contributed by atoms with Crippen molar-refractivity contribution in [2.75, 3.05) is 0 Å². The second-order valence-corrected chi connectivity index (χ2v) is 14.8. The van der Waals surface area contributed by atoms with Crippen molar-refractivity contribution >= 4 is 33.7 Å². The Morgan fingerprint density at radius 2 is 1.46 bits per heavy atom. The van der Waals surface area contributed by atoms with Gasteiger partial charge in [0, 0.05) is 12.3 Å². The van der Waals surface area contributed by atoms with Gasteiger partial charge in [0.1, 0.15) is 12.2 Å². The minimum Gasteiger partial charge on any atom is -0.459 e. The molecule has 0 radical (unpaired) electrons. The Bertz CT molecular complexity index is 1310. The van der Waals surface area contributed by atoms with E-state index >= 15 is 0 Å². The number of carbonyl (C=O) groups excluding carboxylic acids is 3. The maximum absolute atomic E-state index is 14.4. The largest absolute Gasteiger partial charge is 0.459 e. The molecule has 2 aromatic rings. The third-order valence-electron chi connectivity index (χ3n) is 11.7. The summed E-state index contributed by atoms with van der Waals surface area (Å²) in [5.74, 6) is 0.873. The number of Topliss-reactive ketones (excluding diaryl/α,β-unsaturated/α-hetero) is 1. The number of benzene rings is 2. The lowest BCUT2D eigenvalue weighted by Gasteiger charge is -2.64. The van der Waals surface area contributed by atoms with Gasteiger partial charge in [-0.15, -0.1) is 0 Å². The SMILES string of the molecule is CC(OC(=O)c1ccccc1)C1CCC2C3CCC4CC(OC(=O)c5ccccc5)CCC4(C)C3(Br)C(=O)CC12C. The summed E-state index contributed by atoms with van der Waals surface area (Å²) in [4.78, 5) is 40.0. The molecule has 4 saturated carbocycles. The van der Waals surface area contributed by atoms with Gasteiger partial charge in [-0.3, -0.25) is 4.79 Å². The molecule has 4 aliphatic rings. The van der Waals surface area contributed by atoms with Gasteiger partial charge in [-0.1, -0.05) is 66.2 Å².